The largest absolute Gasteiger partial charge is 0.465 e. The number of nitrogens with zero attached hydrogens (tertiary/aromatic N) is 3. The molecule has 3 saturated heterocycles. The van der Waals surface area contributed by atoms with E-state index in [0.717, 1.165) is 17.7 Å². The van der Waals surface area contributed by atoms with Crippen LogP contribution in [0.4, 0.5) is 9.59 Å². The van der Waals surface area contributed by atoms with E-state index in [1.807, 2.05) is 0 Å². The second-order valence-corrected chi connectivity index (χ2v) is 7.92. The number of hydrogen-bond acceptors (Lipinski definition) is 7. The van der Waals surface area contributed by atoms with Gasteiger partial charge in [-0.25, -0.2) is 15.1 Å². The first-order chi connectivity index (χ1) is 13.2. The van der Waals surface area contributed by atoms with Gasteiger partial charge in [0.1, 0.15) is 6.04 Å². The Bertz CT molecular complexity index is 745. The van der Waals surface area contributed by atoms with Crippen LogP contribution >= 0.6 is 0 Å². The van der Waals surface area contributed by atoms with Crippen LogP contribution in [0.3, 0.4) is 0 Å². The van der Waals surface area contributed by atoms with Crippen molar-refractivity contribution < 1.29 is 41.6 Å². The molecule has 2 bridgehead atoms. The molecule has 3 aliphatic rings. The number of rotatable bonds is 6. The van der Waals surface area contributed by atoms with Crippen molar-refractivity contribution in [3.8, 4) is 0 Å². The molecule has 158 valence electrons. The molecule has 3 rings (SSSR count). The average Bonchev–Trinajstić information content (AvgIpc) is 2.85. The van der Waals surface area contributed by atoms with Crippen molar-refractivity contribution in [3.63, 3.8) is 0 Å². The molecule has 4 amide bonds. The number of carbonyl (C=O) groups excluding carboxylic acids is 2. The Balaban J connectivity index is 1.53. The zero-order valence-corrected chi connectivity index (χ0v) is 15.7. The van der Waals surface area contributed by atoms with E-state index in [0.29, 0.717) is 24.4 Å². The fraction of sp³-hybridized carbons (Fsp3) is 0.786. The first kappa shape index (κ1) is 20.6. The summed E-state index contributed by atoms with van der Waals surface area (Å²) in [7, 11) is -4.86. The molecule has 3 heterocycles. The Labute approximate surface area is 161 Å². The number of nitrogens with one attached hydrogen (secondary N) is 1. The molecule has 0 radical (unpaired) electrons. The van der Waals surface area contributed by atoms with Crippen LogP contribution < -0.4 is 5.48 Å². The van der Waals surface area contributed by atoms with Gasteiger partial charge in [-0.2, -0.15) is 13.5 Å². The van der Waals surface area contributed by atoms with Gasteiger partial charge in [-0.1, -0.05) is 0 Å². The van der Waals surface area contributed by atoms with Crippen molar-refractivity contribution in [3.05, 3.63) is 0 Å². The molecule has 3 atom stereocenters. The van der Waals surface area contributed by atoms with Crippen LogP contribution in [0.5, 0.6) is 0 Å². The predicted octanol–water partition coefficient (Wildman–Crippen LogP) is -0.430. The third kappa shape index (κ3) is 4.45. The molecule has 0 aliphatic carbocycles. The van der Waals surface area contributed by atoms with Crippen molar-refractivity contribution in [2.24, 2.45) is 0 Å². The Morgan fingerprint density at radius 2 is 1.96 bits per heavy atom. The third-order valence-corrected chi connectivity index (χ3v) is 5.47. The second-order valence-electron chi connectivity index (χ2n) is 6.91. The zero-order valence-electron chi connectivity index (χ0n) is 14.9. The van der Waals surface area contributed by atoms with Gasteiger partial charge in [-0.15, -0.1) is 4.28 Å². The van der Waals surface area contributed by atoms with Gasteiger partial charge in [0.25, 0.3) is 5.91 Å². The number of hydroxylamine groups is 3. The maximum Gasteiger partial charge on any atom is 0.418 e. The van der Waals surface area contributed by atoms with Gasteiger partial charge in [0.15, 0.2) is 0 Å². The molecule has 3 fully saturated rings. The molecule has 0 aromatic rings. The van der Waals surface area contributed by atoms with E-state index in [2.05, 4.69) is 9.76 Å². The van der Waals surface area contributed by atoms with Gasteiger partial charge >= 0.3 is 22.5 Å². The minimum absolute atomic E-state index is 0.0146. The van der Waals surface area contributed by atoms with Crippen LogP contribution in [0.25, 0.3) is 0 Å². The van der Waals surface area contributed by atoms with Crippen molar-refractivity contribution in [2.75, 3.05) is 19.7 Å². The number of carboxylic acid groups (broad SMARTS) is 1. The minimum Gasteiger partial charge on any atom is -0.465 e. The lowest BCUT2D eigenvalue weighted by molar-refractivity contribution is -0.140. The molecule has 0 aromatic heterocycles. The number of likely N-dealkylation sites (tertiary alicyclic amines) is 1. The summed E-state index contributed by atoms with van der Waals surface area (Å²) in [4.78, 5) is 43.5. The van der Waals surface area contributed by atoms with Gasteiger partial charge in [-0.3, -0.25) is 14.2 Å². The molecule has 0 spiro atoms. The van der Waals surface area contributed by atoms with Crippen LogP contribution in [0.2, 0.25) is 0 Å². The second kappa shape index (κ2) is 8.06. The van der Waals surface area contributed by atoms with E-state index >= 15 is 0 Å². The van der Waals surface area contributed by atoms with E-state index in [4.69, 9.17) is 9.39 Å². The van der Waals surface area contributed by atoms with E-state index in [-0.39, 0.29) is 25.6 Å². The maximum atomic E-state index is 12.4. The molecule has 3 N–H and O–H groups in total. The normalized spacial score (nSPS) is 27.8. The highest BCUT2D eigenvalue weighted by Crippen LogP contribution is 2.30. The minimum atomic E-state index is -4.86. The van der Waals surface area contributed by atoms with Crippen LogP contribution in [-0.4, -0.2) is 88.8 Å². The fourth-order valence-electron chi connectivity index (χ4n) is 3.81. The molecule has 0 aromatic carbocycles. The fourth-order valence-corrected chi connectivity index (χ4v) is 4.20. The lowest BCUT2D eigenvalue weighted by atomic mass is 10.0. The summed E-state index contributed by atoms with van der Waals surface area (Å²) in [5.74, 6) is -0.599. The van der Waals surface area contributed by atoms with Crippen LogP contribution in [0.15, 0.2) is 0 Å². The van der Waals surface area contributed by atoms with Crippen molar-refractivity contribution in [2.45, 2.75) is 50.2 Å². The van der Waals surface area contributed by atoms with Crippen molar-refractivity contribution in [1.82, 2.24) is 20.3 Å². The first-order valence-electron chi connectivity index (χ1n) is 8.85. The van der Waals surface area contributed by atoms with Crippen LogP contribution in [0.1, 0.15) is 32.1 Å². The molecule has 0 unspecified atom stereocenters. The summed E-state index contributed by atoms with van der Waals surface area (Å²) >= 11 is 0. The number of piperidine rings is 2. The molecule has 28 heavy (non-hydrogen) atoms. The van der Waals surface area contributed by atoms with E-state index in [1.54, 1.807) is 0 Å². The van der Waals surface area contributed by atoms with E-state index in [9.17, 15) is 27.9 Å². The quantitative estimate of drug-likeness (QED) is 0.380. The smallest absolute Gasteiger partial charge is 0.418 e. The highest BCUT2D eigenvalue weighted by molar-refractivity contribution is 7.80. The number of fused-ring (bicyclic) bond motifs is 2. The molecule has 0 saturated carbocycles. The van der Waals surface area contributed by atoms with Gasteiger partial charge in [0, 0.05) is 13.1 Å². The SMILES string of the molecule is O=C(NOC[C@@H]1CCCCN1C(=O)O)[C@@H]1CC[C@@H]2CN1C(=O)N2OS(=O)(=O)O. The highest BCUT2D eigenvalue weighted by Gasteiger charge is 2.49. The summed E-state index contributed by atoms with van der Waals surface area (Å²) in [5, 5.41) is 9.74. The van der Waals surface area contributed by atoms with Gasteiger partial charge in [-0.05, 0) is 32.1 Å². The highest BCUT2D eigenvalue weighted by atomic mass is 32.3. The van der Waals surface area contributed by atoms with Crippen LogP contribution in [-0.2, 0) is 24.3 Å². The summed E-state index contributed by atoms with van der Waals surface area (Å²) in [5.41, 5.74) is 2.25. The Morgan fingerprint density at radius 1 is 1.21 bits per heavy atom. The zero-order chi connectivity index (χ0) is 20.5. The molecule has 3 aliphatic heterocycles. The number of urea groups is 1. The van der Waals surface area contributed by atoms with Gasteiger partial charge < -0.3 is 14.9 Å². The van der Waals surface area contributed by atoms with Gasteiger partial charge in [0.2, 0.25) is 0 Å². The third-order valence-electron chi connectivity index (χ3n) is 5.12. The number of amides is 4. The van der Waals surface area contributed by atoms with Crippen molar-refractivity contribution >= 4 is 28.4 Å². The molecule has 13 nitrogen and oxygen atoms in total. The van der Waals surface area contributed by atoms with Gasteiger partial charge in [0.05, 0.1) is 18.7 Å². The standard InChI is InChI=1S/C14H22N4O9S/c19-12(15-26-8-10-3-1-2-6-16(10)14(21)22)11-5-4-9-7-17(11)13(20)18(9)27-28(23,24)25/h9-11H,1-8H2,(H,15,19)(H,21,22)(H,23,24,25)/t9-,10+,11+/m1/s1. The molecule has 14 heteroatoms. The Morgan fingerprint density at radius 3 is 2.64 bits per heavy atom. The van der Waals surface area contributed by atoms with E-state index in [1.165, 1.54) is 4.90 Å². The molecular formula is C14H22N4O9S. The average molecular weight is 422 g/mol. The summed E-state index contributed by atoms with van der Waals surface area (Å²) in [6, 6.07) is -2.69. The lowest BCUT2D eigenvalue weighted by Crippen LogP contribution is -2.51. The monoisotopic (exact) mass is 422 g/mol. The van der Waals surface area contributed by atoms with Crippen LogP contribution in [0, 0.1) is 0 Å². The van der Waals surface area contributed by atoms with Crippen molar-refractivity contribution in [1.29, 1.82) is 0 Å². The lowest BCUT2D eigenvalue weighted by Gasteiger charge is -2.33. The number of hydrogen-bond donors (Lipinski definition) is 3. The summed E-state index contributed by atoms with van der Waals surface area (Å²) in [6.07, 6.45) is 1.77. The summed E-state index contributed by atoms with van der Waals surface area (Å²) in [6.45, 7) is 0.467. The maximum absolute atomic E-state index is 12.4. The Hall–Kier alpha value is -2.16. The molecular weight excluding hydrogens is 400 g/mol. The predicted molar refractivity (Wildman–Crippen MR) is 89.8 cm³/mol. The summed E-state index contributed by atoms with van der Waals surface area (Å²) < 4.78 is 34.8. The first-order valence-corrected chi connectivity index (χ1v) is 10.2. The van der Waals surface area contributed by atoms with E-state index < -0.39 is 40.5 Å². The Kier molecular flexibility index (Phi) is 5.92. The topological polar surface area (TPSA) is 166 Å². The number of carbonyl (C=O) groups is 3.